The fraction of sp³-hybridized carbons (Fsp3) is 0.333. The van der Waals surface area contributed by atoms with Crippen LogP contribution in [0.2, 0.25) is 10.0 Å². The Balaban J connectivity index is 2.86. The SMILES string of the molecule is COC(=O)C(C)(O)c1c(C#N)nn(-c2c(Cl)cc(OC(F)(F)F)cc2Cl)c1N=CN(C)C. The smallest absolute Gasteiger partial charge is 0.467 e. The normalized spacial score (nSPS) is 13.5. The van der Waals surface area contributed by atoms with E-state index in [-0.39, 0.29) is 27.1 Å². The van der Waals surface area contributed by atoms with Gasteiger partial charge in [-0.15, -0.1) is 13.2 Å². The number of halogens is 5. The van der Waals surface area contributed by atoms with E-state index in [1.165, 1.54) is 11.2 Å². The van der Waals surface area contributed by atoms with Crippen molar-refractivity contribution in [1.29, 1.82) is 5.26 Å². The Morgan fingerprint density at radius 2 is 1.91 bits per heavy atom. The number of carbonyl (C=O) groups is 1. The molecule has 0 radical (unpaired) electrons. The molecule has 1 unspecified atom stereocenters. The molecule has 0 aliphatic heterocycles. The van der Waals surface area contributed by atoms with Gasteiger partial charge in [-0.3, -0.25) is 0 Å². The van der Waals surface area contributed by atoms with E-state index in [1.54, 1.807) is 20.2 Å². The van der Waals surface area contributed by atoms with E-state index in [9.17, 15) is 28.3 Å². The van der Waals surface area contributed by atoms with Crippen LogP contribution in [0.4, 0.5) is 19.0 Å². The van der Waals surface area contributed by atoms with Gasteiger partial charge in [-0.1, -0.05) is 23.2 Å². The number of ether oxygens (including phenoxy) is 2. The number of esters is 1. The van der Waals surface area contributed by atoms with Crippen molar-refractivity contribution in [3.63, 3.8) is 0 Å². The lowest BCUT2D eigenvalue weighted by molar-refractivity contribution is -0.274. The minimum absolute atomic E-state index is 0.169. The van der Waals surface area contributed by atoms with Crippen LogP contribution in [0, 0.1) is 11.3 Å². The van der Waals surface area contributed by atoms with Gasteiger partial charge in [-0.2, -0.15) is 10.4 Å². The Kier molecular flexibility index (Phi) is 7.29. The van der Waals surface area contributed by atoms with Crippen LogP contribution in [0.15, 0.2) is 17.1 Å². The number of nitrogens with zero attached hydrogens (tertiary/aromatic N) is 5. The average molecular weight is 494 g/mol. The fourth-order valence-corrected chi connectivity index (χ4v) is 3.25. The molecule has 14 heteroatoms. The van der Waals surface area contributed by atoms with Crippen molar-refractivity contribution < 1.29 is 32.5 Å². The summed E-state index contributed by atoms with van der Waals surface area (Å²) in [5.41, 5.74) is -3.28. The van der Waals surface area contributed by atoms with E-state index in [0.29, 0.717) is 0 Å². The second-order valence-corrected chi connectivity index (χ2v) is 7.44. The Morgan fingerprint density at radius 1 is 1.34 bits per heavy atom. The number of rotatable bonds is 6. The predicted octanol–water partition coefficient (Wildman–Crippen LogP) is 3.55. The zero-order valence-electron chi connectivity index (χ0n) is 17.0. The van der Waals surface area contributed by atoms with E-state index in [0.717, 1.165) is 30.8 Å². The standard InChI is InChI=1S/C18H16Cl2F3N5O4/c1-17(30,16(29)31-4)13-12(7-24)26-28(15(13)25-8-27(2)3)14-10(19)5-9(6-11(14)20)32-18(21,22)23/h5-6,8,30H,1-4H3. The minimum atomic E-state index is -4.98. The van der Waals surface area contributed by atoms with E-state index in [4.69, 9.17) is 23.2 Å². The fourth-order valence-electron chi connectivity index (χ4n) is 2.62. The molecule has 32 heavy (non-hydrogen) atoms. The molecule has 0 saturated carbocycles. The first-order chi connectivity index (χ1) is 14.7. The molecule has 172 valence electrons. The monoisotopic (exact) mass is 493 g/mol. The quantitative estimate of drug-likeness (QED) is 0.371. The van der Waals surface area contributed by atoms with Gasteiger partial charge in [0.15, 0.2) is 17.1 Å². The third-order valence-corrected chi connectivity index (χ3v) is 4.46. The summed E-state index contributed by atoms with van der Waals surface area (Å²) < 4.78 is 47.0. The molecule has 0 spiro atoms. The number of nitriles is 1. The van der Waals surface area contributed by atoms with Gasteiger partial charge in [0.1, 0.15) is 17.5 Å². The van der Waals surface area contributed by atoms with E-state index in [2.05, 4.69) is 19.6 Å². The van der Waals surface area contributed by atoms with E-state index < -0.39 is 29.4 Å². The molecule has 0 fully saturated rings. The lowest BCUT2D eigenvalue weighted by atomic mass is 9.95. The molecule has 1 heterocycles. The Labute approximate surface area is 190 Å². The van der Waals surface area contributed by atoms with Crippen LogP contribution in [0.3, 0.4) is 0 Å². The topological polar surface area (TPSA) is 113 Å². The maximum absolute atomic E-state index is 12.6. The highest BCUT2D eigenvalue weighted by Crippen LogP contribution is 2.41. The van der Waals surface area contributed by atoms with Crippen molar-refractivity contribution in [2.75, 3.05) is 21.2 Å². The van der Waals surface area contributed by atoms with Gasteiger partial charge in [0.2, 0.25) is 0 Å². The van der Waals surface area contributed by atoms with Crippen LogP contribution >= 0.6 is 23.2 Å². The highest BCUT2D eigenvalue weighted by atomic mass is 35.5. The maximum atomic E-state index is 12.6. The Bertz CT molecular complexity index is 1080. The summed E-state index contributed by atoms with van der Waals surface area (Å²) in [7, 11) is 4.27. The lowest BCUT2D eigenvalue weighted by Gasteiger charge is -2.20. The third kappa shape index (κ3) is 5.24. The number of hydrogen-bond acceptors (Lipinski definition) is 7. The van der Waals surface area contributed by atoms with E-state index >= 15 is 0 Å². The van der Waals surface area contributed by atoms with Crippen molar-refractivity contribution in [3.05, 3.63) is 33.4 Å². The van der Waals surface area contributed by atoms with Crippen LogP contribution in [0.25, 0.3) is 5.69 Å². The van der Waals surface area contributed by atoms with Gasteiger partial charge in [-0.25, -0.2) is 14.5 Å². The molecular weight excluding hydrogens is 478 g/mol. The lowest BCUT2D eigenvalue weighted by Crippen LogP contribution is -2.34. The van der Waals surface area contributed by atoms with Crippen LogP contribution in [0.1, 0.15) is 18.2 Å². The summed E-state index contributed by atoms with van der Waals surface area (Å²) in [6.45, 7) is 1.07. The summed E-state index contributed by atoms with van der Waals surface area (Å²) >= 11 is 12.3. The number of aromatic nitrogens is 2. The number of benzene rings is 1. The van der Waals surface area contributed by atoms with Crippen molar-refractivity contribution in [1.82, 2.24) is 14.7 Å². The van der Waals surface area contributed by atoms with Crippen LogP contribution in [-0.4, -0.2) is 59.7 Å². The average Bonchev–Trinajstić information content (AvgIpc) is 3.02. The predicted molar refractivity (Wildman–Crippen MR) is 108 cm³/mol. The minimum Gasteiger partial charge on any atom is -0.467 e. The van der Waals surface area contributed by atoms with Gasteiger partial charge in [0.05, 0.1) is 29.1 Å². The van der Waals surface area contributed by atoms with Crippen molar-refractivity contribution in [2.24, 2.45) is 4.99 Å². The number of alkyl halides is 3. The van der Waals surface area contributed by atoms with Crippen molar-refractivity contribution >= 4 is 41.3 Å². The summed E-state index contributed by atoms with van der Waals surface area (Å²) in [4.78, 5) is 17.8. The molecule has 0 saturated heterocycles. The zero-order chi connectivity index (χ0) is 24.4. The second-order valence-electron chi connectivity index (χ2n) is 6.63. The summed E-state index contributed by atoms with van der Waals surface area (Å²) in [5.74, 6) is -2.04. The molecule has 9 nitrogen and oxygen atoms in total. The molecule has 1 aromatic heterocycles. The second kappa shape index (κ2) is 9.23. The molecular formula is C18H16Cl2F3N5O4. The summed E-state index contributed by atoms with van der Waals surface area (Å²) in [6.07, 6.45) is -3.71. The first-order valence-electron chi connectivity index (χ1n) is 8.53. The van der Waals surface area contributed by atoms with Gasteiger partial charge < -0.3 is 19.5 Å². The molecule has 0 aliphatic rings. The van der Waals surface area contributed by atoms with Crippen molar-refractivity contribution in [2.45, 2.75) is 18.9 Å². The molecule has 0 aliphatic carbocycles. The van der Waals surface area contributed by atoms with Crippen LogP contribution < -0.4 is 4.74 Å². The summed E-state index contributed by atoms with van der Waals surface area (Å²) in [5, 5.41) is 23.7. The largest absolute Gasteiger partial charge is 0.573 e. The van der Waals surface area contributed by atoms with E-state index in [1.807, 2.05) is 0 Å². The summed E-state index contributed by atoms with van der Waals surface area (Å²) in [6, 6.07) is 3.40. The zero-order valence-corrected chi connectivity index (χ0v) is 18.5. The first-order valence-corrected chi connectivity index (χ1v) is 9.28. The molecule has 1 N–H and O–H groups in total. The Morgan fingerprint density at radius 3 is 2.34 bits per heavy atom. The number of aliphatic imine (C=N–C) groups is 1. The molecule has 2 rings (SSSR count). The molecule has 0 bridgehead atoms. The Hall–Kier alpha value is -3.01. The highest BCUT2D eigenvalue weighted by Gasteiger charge is 2.42. The number of aliphatic hydroxyl groups is 1. The highest BCUT2D eigenvalue weighted by molar-refractivity contribution is 6.38. The number of hydrogen-bond donors (Lipinski definition) is 1. The van der Waals surface area contributed by atoms with Crippen LogP contribution in [0.5, 0.6) is 5.75 Å². The van der Waals surface area contributed by atoms with Gasteiger partial charge in [0, 0.05) is 26.2 Å². The molecule has 2 aromatic rings. The third-order valence-electron chi connectivity index (χ3n) is 3.88. The van der Waals surface area contributed by atoms with Crippen molar-refractivity contribution in [3.8, 4) is 17.5 Å². The molecule has 1 aromatic carbocycles. The van der Waals surface area contributed by atoms with Gasteiger partial charge in [0.25, 0.3) is 0 Å². The number of carbonyl (C=O) groups excluding carboxylic acids is 1. The molecule has 1 atom stereocenters. The van der Waals surface area contributed by atoms with Gasteiger partial charge >= 0.3 is 12.3 Å². The van der Waals surface area contributed by atoms with Gasteiger partial charge in [-0.05, 0) is 6.92 Å². The maximum Gasteiger partial charge on any atom is 0.573 e. The number of methoxy groups -OCH3 is 1. The van der Waals surface area contributed by atoms with Crippen LogP contribution in [-0.2, 0) is 15.1 Å². The first kappa shape index (κ1) is 25.3. The molecule has 0 amide bonds.